The van der Waals surface area contributed by atoms with Gasteiger partial charge in [0.25, 0.3) is 0 Å². The van der Waals surface area contributed by atoms with Crippen molar-refractivity contribution in [2.45, 2.75) is 51.2 Å². The molecule has 4 N–H and O–H groups in total. The van der Waals surface area contributed by atoms with Crippen molar-refractivity contribution >= 4 is 29.5 Å². The first-order valence-corrected chi connectivity index (χ1v) is 13.0. The van der Waals surface area contributed by atoms with Gasteiger partial charge in [0.1, 0.15) is 6.54 Å². The maximum absolute atomic E-state index is 12.3. The molecule has 1 aromatic rings. The predicted octanol–water partition coefficient (Wildman–Crippen LogP) is 1.58. The Balaban J connectivity index is 1.59. The molecule has 1 aliphatic heterocycles. The summed E-state index contributed by atoms with van der Waals surface area (Å²) in [4.78, 5) is 36.6. The molecule has 0 saturated carbocycles. The second-order valence-electron chi connectivity index (χ2n) is 8.36. The van der Waals surface area contributed by atoms with Crippen LogP contribution >= 0.6 is 11.8 Å². The molecule has 0 bridgehead atoms. The highest BCUT2D eigenvalue weighted by Gasteiger charge is 2.28. The van der Waals surface area contributed by atoms with Crippen molar-refractivity contribution in [1.29, 1.82) is 0 Å². The van der Waals surface area contributed by atoms with E-state index in [0.717, 1.165) is 36.3 Å². The van der Waals surface area contributed by atoms with E-state index in [4.69, 9.17) is 10.5 Å². The zero-order valence-corrected chi connectivity index (χ0v) is 20.7. The van der Waals surface area contributed by atoms with Gasteiger partial charge in [-0.3, -0.25) is 14.4 Å². The number of esters is 1. The van der Waals surface area contributed by atoms with Gasteiger partial charge in [0.2, 0.25) is 11.8 Å². The van der Waals surface area contributed by atoms with E-state index in [-0.39, 0.29) is 30.9 Å². The first-order valence-electron chi connectivity index (χ1n) is 11.8. The number of likely N-dealkylation sites (tertiary alicyclic amines) is 1. The number of benzene rings is 1. The highest BCUT2D eigenvalue weighted by molar-refractivity contribution is 7.99. The van der Waals surface area contributed by atoms with Gasteiger partial charge in [-0.05, 0) is 37.5 Å². The third-order valence-electron chi connectivity index (χ3n) is 5.50. The predicted molar refractivity (Wildman–Crippen MR) is 134 cm³/mol. The van der Waals surface area contributed by atoms with Crippen LogP contribution in [0.2, 0.25) is 0 Å². The highest BCUT2D eigenvalue weighted by atomic mass is 32.2. The molecule has 188 valence electrons. The number of amides is 2. The molecule has 0 aromatic heterocycles. The monoisotopic (exact) mass is 491 g/mol. The molecule has 34 heavy (non-hydrogen) atoms. The van der Waals surface area contributed by atoms with Gasteiger partial charge in [0.05, 0.1) is 25.3 Å². The molecule has 2 amide bonds. The molecule has 1 heterocycles. The topological polar surface area (TPSA) is 122 Å². The number of ether oxygens (including phenoxy) is 1. The average Bonchev–Trinajstić information content (AvgIpc) is 3.17. The van der Waals surface area contributed by atoms with E-state index in [1.54, 1.807) is 11.8 Å². The number of nitrogens with zero attached hydrogens (tertiary/aromatic N) is 1. The Morgan fingerprint density at radius 2 is 2.18 bits per heavy atom. The van der Waals surface area contributed by atoms with Gasteiger partial charge in [-0.15, -0.1) is 0 Å². The van der Waals surface area contributed by atoms with Crippen molar-refractivity contribution in [3.8, 4) is 0 Å². The molecular weight excluding hydrogens is 454 g/mol. The summed E-state index contributed by atoms with van der Waals surface area (Å²) in [5, 5.41) is 12.7. The number of nitrogens with one attached hydrogen (secondary N) is 1. The second kappa shape index (κ2) is 15.5. The van der Waals surface area contributed by atoms with E-state index in [1.807, 2.05) is 42.2 Å². The van der Waals surface area contributed by atoms with Crippen LogP contribution < -0.4 is 11.1 Å². The van der Waals surface area contributed by atoms with Gasteiger partial charge in [-0.25, -0.2) is 0 Å². The zero-order chi connectivity index (χ0) is 24.8. The Labute approximate surface area is 206 Å². The number of hydrogen-bond donors (Lipinski definition) is 3. The third kappa shape index (κ3) is 10.7. The van der Waals surface area contributed by atoms with E-state index in [0.29, 0.717) is 26.0 Å². The number of unbranched alkanes of at least 4 members (excludes halogenated alkanes) is 1. The van der Waals surface area contributed by atoms with E-state index >= 15 is 0 Å². The van der Waals surface area contributed by atoms with Crippen LogP contribution in [0.1, 0.15) is 36.8 Å². The van der Waals surface area contributed by atoms with Crippen molar-refractivity contribution in [2.24, 2.45) is 5.73 Å². The van der Waals surface area contributed by atoms with Crippen LogP contribution in [-0.2, 0) is 25.5 Å². The first kappa shape index (κ1) is 27.9. The lowest BCUT2D eigenvalue weighted by Gasteiger charge is -2.22. The number of carbonyl (C=O) groups is 3. The molecule has 1 saturated heterocycles. The highest BCUT2D eigenvalue weighted by Crippen LogP contribution is 2.21. The largest absolute Gasteiger partial charge is 0.464 e. The molecule has 1 fully saturated rings. The summed E-state index contributed by atoms with van der Waals surface area (Å²) < 4.78 is 5.06. The zero-order valence-electron chi connectivity index (χ0n) is 19.9. The Bertz CT molecular complexity index is 833. The van der Waals surface area contributed by atoms with Gasteiger partial charge in [0, 0.05) is 25.1 Å². The maximum Gasteiger partial charge on any atom is 0.325 e. The number of hydrogen-bond acceptors (Lipinski definition) is 7. The smallest absolute Gasteiger partial charge is 0.325 e. The van der Waals surface area contributed by atoms with E-state index in [2.05, 4.69) is 11.4 Å². The van der Waals surface area contributed by atoms with Crippen molar-refractivity contribution in [3.63, 3.8) is 0 Å². The summed E-state index contributed by atoms with van der Waals surface area (Å²) in [6.07, 6.45) is 6.76. The molecule has 2 atom stereocenters. The summed E-state index contributed by atoms with van der Waals surface area (Å²) in [6, 6.07) is 8.16. The lowest BCUT2D eigenvalue weighted by molar-refractivity contribution is -0.143. The van der Waals surface area contributed by atoms with Gasteiger partial charge < -0.3 is 25.8 Å². The van der Waals surface area contributed by atoms with Crippen molar-refractivity contribution < 1.29 is 24.2 Å². The summed E-state index contributed by atoms with van der Waals surface area (Å²) in [5.74, 6) is 1.06. The van der Waals surface area contributed by atoms with Crippen LogP contribution in [0, 0.1) is 6.92 Å². The van der Waals surface area contributed by atoms with Crippen LogP contribution in [0.25, 0.3) is 0 Å². The van der Waals surface area contributed by atoms with Crippen LogP contribution in [0.4, 0.5) is 0 Å². The fourth-order valence-corrected chi connectivity index (χ4v) is 4.64. The Hall–Kier alpha value is -2.36. The summed E-state index contributed by atoms with van der Waals surface area (Å²) >= 11 is 1.77. The van der Waals surface area contributed by atoms with Crippen LogP contribution in [0.15, 0.2) is 36.4 Å². The number of nitrogens with two attached hydrogens (primary N) is 1. The Morgan fingerprint density at radius 1 is 1.35 bits per heavy atom. The van der Waals surface area contributed by atoms with E-state index in [1.165, 1.54) is 5.56 Å². The summed E-state index contributed by atoms with van der Waals surface area (Å²) in [6.45, 7) is 2.73. The number of aliphatic hydroxyl groups is 1. The normalized spacial score (nSPS) is 16.7. The molecule has 8 nitrogen and oxygen atoms in total. The molecule has 2 rings (SSSR count). The molecule has 0 radical (unpaired) electrons. The van der Waals surface area contributed by atoms with Crippen molar-refractivity contribution in [3.05, 3.63) is 47.5 Å². The minimum absolute atomic E-state index is 0.0411. The Kier molecular flexibility index (Phi) is 12.7. The molecular formula is C25H37N3O5S. The average molecular weight is 492 g/mol. The number of thioether (sulfide) groups is 1. The molecule has 9 heteroatoms. The minimum atomic E-state index is -0.570. The Morgan fingerprint density at radius 3 is 2.94 bits per heavy atom. The number of aryl methyl sites for hydroxylation is 1. The molecule has 0 unspecified atom stereocenters. The lowest BCUT2D eigenvalue weighted by Crippen LogP contribution is -2.35. The first-order chi connectivity index (χ1) is 16.4. The van der Waals surface area contributed by atoms with Crippen molar-refractivity contribution in [1.82, 2.24) is 10.2 Å². The quantitative estimate of drug-likeness (QED) is 0.193. The minimum Gasteiger partial charge on any atom is -0.464 e. The van der Waals surface area contributed by atoms with Gasteiger partial charge in [-0.1, -0.05) is 42.0 Å². The fourth-order valence-electron chi connectivity index (χ4n) is 3.70. The molecule has 0 spiro atoms. The van der Waals surface area contributed by atoms with E-state index < -0.39 is 12.1 Å². The molecule has 1 aliphatic rings. The van der Waals surface area contributed by atoms with Crippen LogP contribution in [0.5, 0.6) is 0 Å². The van der Waals surface area contributed by atoms with Crippen molar-refractivity contribution in [2.75, 3.05) is 37.7 Å². The van der Waals surface area contributed by atoms with Gasteiger partial charge >= 0.3 is 5.97 Å². The molecule has 0 aliphatic carbocycles. The van der Waals surface area contributed by atoms with E-state index in [9.17, 15) is 19.5 Å². The maximum atomic E-state index is 12.3. The summed E-state index contributed by atoms with van der Waals surface area (Å²) in [7, 11) is 0. The number of carbonyl (C=O) groups excluding carboxylic acids is 3. The number of rotatable bonds is 15. The van der Waals surface area contributed by atoms with Crippen LogP contribution in [0.3, 0.4) is 0 Å². The molecule has 1 aromatic carbocycles. The van der Waals surface area contributed by atoms with Crippen LogP contribution in [-0.4, -0.2) is 77.7 Å². The van der Waals surface area contributed by atoms with Gasteiger partial charge in [-0.2, -0.15) is 11.8 Å². The second-order valence-corrected chi connectivity index (χ2v) is 9.58. The lowest BCUT2D eigenvalue weighted by atomic mass is 10.0. The third-order valence-corrected chi connectivity index (χ3v) is 6.54. The van der Waals surface area contributed by atoms with Gasteiger partial charge in [0.15, 0.2) is 0 Å². The number of aliphatic hydroxyl groups excluding tert-OH is 1. The standard InChI is InChI=1S/C25H37N3O5S/c1-19-5-4-6-20(15-19)16-22(29)9-7-21-8-10-24(31)28(21)11-14-34-13-3-2-12-33-25(32)18-27-23(30)17-26/h4-7,9,15,21-22,29H,2-3,8,10-14,16-18,26H2,1H3,(H,27,30)/b9-7+/t21-,22+/m0/s1. The SMILES string of the molecule is Cc1cccc(C[C@H](O)/C=C/[C@H]2CCC(=O)N2CCSCCCCOC(=O)CNC(=O)CN)c1. The summed E-state index contributed by atoms with van der Waals surface area (Å²) in [5.41, 5.74) is 7.42. The fraction of sp³-hybridized carbons (Fsp3) is 0.560.